The van der Waals surface area contributed by atoms with Gasteiger partial charge in [-0.1, -0.05) is 12.1 Å². The lowest BCUT2D eigenvalue weighted by Crippen LogP contribution is -2.46. The van der Waals surface area contributed by atoms with Crippen LogP contribution in [0.1, 0.15) is 23.2 Å². The van der Waals surface area contributed by atoms with Gasteiger partial charge in [-0.05, 0) is 23.8 Å². The summed E-state index contributed by atoms with van der Waals surface area (Å²) in [6, 6.07) is 9.18. The van der Waals surface area contributed by atoms with Gasteiger partial charge in [-0.15, -0.1) is 0 Å². The minimum atomic E-state index is -0.865. The highest BCUT2D eigenvalue weighted by molar-refractivity contribution is 5.95. The average Bonchev–Trinajstić information content (AvgIpc) is 3.08. The summed E-state index contributed by atoms with van der Waals surface area (Å²) in [6.45, 7) is 1.30. The van der Waals surface area contributed by atoms with E-state index in [1.807, 2.05) is 24.3 Å². The summed E-state index contributed by atoms with van der Waals surface area (Å²) in [7, 11) is 0. The monoisotopic (exact) mass is 301 g/mol. The first kappa shape index (κ1) is 14.8. The van der Waals surface area contributed by atoms with E-state index in [9.17, 15) is 9.90 Å². The molecule has 1 saturated heterocycles. The number of ether oxygens (including phenoxy) is 1. The van der Waals surface area contributed by atoms with Gasteiger partial charge in [0.1, 0.15) is 0 Å². The maximum absolute atomic E-state index is 12.3. The number of hydrogen-bond acceptors (Lipinski definition) is 4. The molecule has 0 spiro atoms. The van der Waals surface area contributed by atoms with Crippen LogP contribution in [0.4, 0.5) is 0 Å². The Bertz CT molecular complexity index is 630. The zero-order valence-corrected chi connectivity index (χ0v) is 12.2. The van der Waals surface area contributed by atoms with E-state index in [1.54, 1.807) is 18.6 Å². The molecular weight excluding hydrogens is 282 g/mol. The second-order valence-electron chi connectivity index (χ2n) is 5.61. The molecule has 0 atom stereocenters. The molecule has 2 N–H and O–H groups in total. The molecule has 5 nitrogen and oxygen atoms in total. The molecule has 1 amide bonds. The normalized spacial score (nSPS) is 17.1. The molecule has 116 valence electrons. The summed E-state index contributed by atoms with van der Waals surface area (Å²) in [5.41, 5.74) is 1.55. The van der Waals surface area contributed by atoms with E-state index in [2.05, 4.69) is 5.32 Å². The molecule has 0 aliphatic carbocycles. The molecule has 22 heavy (non-hydrogen) atoms. The molecule has 1 aliphatic heterocycles. The highest BCUT2D eigenvalue weighted by Gasteiger charge is 2.30. The maximum Gasteiger partial charge on any atom is 0.251 e. The summed E-state index contributed by atoms with van der Waals surface area (Å²) in [4.78, 5) is 12.3. The van der Waals surface area contributed by atoms with E-state index in [0.717, 1.165) is 11.1 Å². The van der Waals surface area contributed by atoms with Crippen molar-refractivity contribution in [3.8, 4) is 11.1 Å². The second-order valence-corrected chi connectivity index (χ2v) is 5.61. The van der Waals surface area contributed by atoms with Gasteiger partial charge in [0, 0.05) is 43.7 Å². The first-order valence-corrected chi connectivity index (χ1v) is 7.37. The van der Waals surface area contributed by atoms with Crippen LogP contribution in [0, 0.1) is 0 Å². The van der Waals surface area contributed by atoms with Crippen molar-refractivity contribution in [2.75, 3.05) is 19.8 Å². The van der Waals surface area contributed by atoms with Crippen molar-refractivity contribution in [1.82, 2.24) is 5.32 Å². The van der Waals surface area contributed by atoms with Crippen molar-refractivity contribution in [3.05, 3.63) is 48.4 Å². The zero-order chi connectivity index (χ0) is 15.4. The molecule has 2 heterocycles. The van der Waals surface area contributed by atoms with E-state index < -0.39 is 5.60 Å². The minimum absolute atomic E-state index is 0.190. The number of carbonyl (C=O) groups excluding carboxylic acids is 1. The lowest BCUT2D eigenvalue weighted by atomic mass is 9.94. The molecule has 0 saturated carbocycles. The lowest BCUT2D eigenvalue weighted by molar-refractivity contribution is -0.0605. The maximum atomic E-state index is 12.3. The second kappa shape index (κ2) is 6.34. The van der Waals surface area contributed by atoms with Crippen LogP contribution in [0.25, 0.3) is 11.1 Å². The average molecular weight is 301 g/mol. The van der Waals surface area contributed by atoms with Crippen LogP contribution in [0.2, 0.25) is 0 Å². The van der Waals surface area contributed by atoms with Crippen LogP contribution in [0.5, 0.6) is 0 Å². The van der Waals surface area contributed by atoms with Crippen LogP contribution in [0.15, 0.2) is 47.3 Å². The van der Waals surface area contributed by atoms with Crippen LogP contribution in [0.3, 0.4) is 0 Å². The molecule has 0 unspecified atom stereocenters. The Kier molecular flexibility index (Phi) is 4.27. The molecule has 1 fully saturated rings. The fourth-order valence-corrected chi connectivity index (χ4v) is 2.54. The third kappa shape index (κ3) is 3.37. The molecule has 0 radical (unpaired) electrons. The number of benzene rings is 1. The Labute approximate surface area is 128 Å². The smallest absolute Gasteiger partial charge is 0.251 e. The zero-order valence-electron chi connectivity index (χ0n) is 12.2. The summed E-state index contributed by atoms with van der Waals surface area (Å²) in [6.07, 6.45) is 4.33. The van der Waals surface area contributed by atoms with E-state index in [1.165, 1.54) is 0 Å². The van der Waals surface area contributed by atoms with Gasteiger partial charge in [0.05, 0.1) is 18.1 Å². The van der Waals surface area contributed by atoms with Crippen molar-refractivity contribution in [3.63, 3.8) is 0 Å². The number of aliphatic hydroxyl groups is 1. The predicted octanol–water partition coefficient (Wildman–Crippen LogP) is 2.22. The lowest BCUT2D eigenvalue weighted by Gasteiger charge is -2.32. The van der Waals surface area contributed by atoms with Gasteiger partial charge in [-0.3, -0.25) is 4.79 Å². The Balaban J connectivity index is 1.66. The van der Waals surface area contributed by atoms with Crippen molar-refractivity contribution in [2.24, 2.45) is 0 Å². The fraction of sp³-hybridized carbons (Fsp3) is 0.353. The molecule has 5 heteroatoms. The molecule has 1 aliphatic rings. The van der Waals surface area contributed by atoms with Crippen molar-refractivity contribution >= 4 is 5.91 Å². The fourth-order valence-electron chi connectivity index (χ4n) is 2.54. The van der Waals surface area contributed by atoms with E-state index in [4.69, 9.17) is 9.15 Å². The molecule has 3 rings (SSSR count). The molecular formula is C17H19NO4. The number of amides is 1. The Morgan fingerprint density at radius 2 is 2.05 bits per heavy atom. The molecule has 1 aromatic carbocycles. The molecule has 2 aromatic rings. The number of nitrogens with one attached hydrogen (secondary N) is 1. The van der Waals surface area contributed by atoms with Gasteiger partial charge in [0.25, 0.3) is 5.91 Å². The highest BCUT2D eigenvalue weighted by atomic mass is 16.5. The summed E-state index contributed by atoms with van der Waals surface area (Å²) >= 11 is 0. The van der Waals surface area contributed by atoms with Crippen LogP contribution in [-0.4, -0.2) is 36.4 Å². The van der Waals surface area contributed by atoms with Gasteiger partial charge in [0.15, 0.2) is 0 Å². The van der Waals surface area contributed by atoms with E-state index >= 15 is 0 Å². The number of hydrogen-bond donors (Lipinski definition) is 2. The van der Waals surface area contributed by atoms with Crippen molar-refractivity contribution in [1.29, 1.82) is 0 Å². The predicted molar refractivity (Wildman–Crippen MR) is 81.5 cm³/mol. The Morgan fingerprint density at radius 1 is 1.23 bits per heavy atom. The third-order valence-electron chi connectivity index (χ3n) is 3.98. The largest absolute Gasteiger partial charge is 0.472 e. The number of furan rings is 1. The first-order valence-electron chi connectivity index (χ1n) is 7.37. The standard InChI is InChI=1S/C17H19NO4/c19-16(18-12-17(20)5-8-21-9-6-17)14-3-1-2-13(10-14)15-4-7-22-11-15/h1-4,7,10-11,20H,5-6,8-9,12H2,(H,18,19). The first-order chi connectivity index (χ1) is 10.7. The topological polar surface area (TPSA) is 71.7 Å². The summed E-state index contributed by atoms with van der Waals surface area (Å²) in [5, 5.41) is 13.2. The number of rotatable bonds is 4. The van der Waals surface area contributed by atoms with Gasteiger partial charge in [-0.2, -0.15) is 0 Å². The number of carbonyl (C=O) groups is 1. The van der Waals surface area contributed by atoms with E-state index in [0.29, 0.717) is 31.6 Å². The van der Waals surface area contributed by atoms with Crippen LogP contribution < -0.4 is 5.32 Å². The van der Waals surface area contributed by atoms with Crippen molar-refractivity contribution in [2.45, 2.75) is 18.4 Å². The van der Waals surface area contributed by atoms with Crippen LogP contribution in [-0.2, 0) is 4.74 Å². The summed E-state index contributed by atoms with van der Waals surface area (Å²) < 4.78 is 10.3. The SMILES string of the molecule is O=C(NCC1(O)CCOCC1)c1cccc(-c2ccoc2)c1. The quantitative estimate of drug-likeness (QED) is 0.908. The van der Waals surface area contributed by atoms with Gasteiger partial charge in [-0.25, -0.2) is 0 Å². The van der Waals surface area contributed by atoms with Crippen LogP contribution >= 0.6 is 0 Å². The third-order valence-corrected chi connectivity index (χ3v) is 3.98. The van der Waals surface area contributed by atoms with Gasteiger partial charge < -0.3 is 19.6 Å². The minimum Gasteiger partial charge on any atom is -0.472 e. The van der Waals surface area contributed by atoms with Gasteiger partial charge >= 0.3 is 0 Å². The summed E-state index contributed by atoms with van der Waals surface area (Å²) in [5.74, 6) is -0.190. The highest BCUT2D eigenvalue weighted by Crippen LogP contribution is 2.22. The van der Waals surface area contributed by atoms with E-state index in [-0.39, 0.29) is 12.5 Å². The Morgan fingerprint density at radius 3 is 2.77 bits per heavy atom. The molecule has 1 aromatic heterocycles. The van der Waals surface area contributed by atoms with Crippen molar-refractivity contribution < 1.29 is 19.1 Å². The molecule has 0 bridgehead atoms. The van der Waals surface area contributed by atoms with Gasteiger partial charge in [0.2, 0.25) is 0 Å². The Hall–Kier alpha value is -2.11.